The van der Waals surface area contributed by atoms with E-state index in [1.165, 1.54) is 12.1 Å². The van der Waals surface area contributed by atoms with E-state index in [9.17, 15) is 4.39 Å². The monoisotopic (exact) mass is 346 g/mol. The minimum Gasteiger partial charge on any atom is -0.357 e. The van der Waals surface area contributed by atoms with Gasteiger partial charge in [-0.3, -0.25) is 0 Å². The molecule has 106 valence electrons. The summed E-state index contributed by atoms with van der Waals surface area (Å²) in [4.78, 5) is 8.83. The summed E-state index contributed by atoms with van der Waals surface area (Å²) >= 11 is 3.34. The molecule has 1 heterocycles. The van der Waals surface area contributed by atoms with Crippen molar-refractivity contribution in [2.24, 2.45) is 0 Å². The van der Waals surface area contributed by atoms with Crippen molar-refractivity contribution in [3.63, 3.8) is 0 Å². The number of aromatic nitrogens is 2. The van der Waals surface area contributed by atoms with Gasteiger partial charge in [-0.25, -0.2) is 9.37 Å². The highest BCUT2D eigenvalue weighted by Gasteiger charge is 2.09. The Morgan fingerprint density at radius 3 is 2.67 bits per heavy atom. The summed E-state index contributed by atoms with van der Waals surface area (Å²) in [5.74, 6) is 0.891. The average Bonchev–Trinajstić information content (AvgIpc) is 2.49. The highest BCUT2D eigenvalue weighted by molar-refractivity contribution is 9.10. The average molecular weight is 347 g/mol. The second-order valence-corrected chi connectivity index (χ2v) is 5.27. The van der Waals surface area contributed by atoms with E-state index in [1.54, 1.807) is 13.1 Å². The first-order chi connectivity index (χ1) is 10.2. The molecule has 1 aromatic heterocycles. The number of nitrogens with one attached hydrogen (secondary N) is 2. The van der Waals surface area contributed by atoms with Crippen LogP contribution in [-0.2, 0) is 0 Å². The van der Waals surface area contributed by atoms with Gasteiger partial charge in [-0.15, -0.1) is 0 Å². The Bertz CT molecular complexity index is 807. The van der Waals surface area contributed by atoms with Crippen LogP contribution in [0, 0.1) is 5.82 Å². The SMILES string of the molecule is CNc1nc(Nc2ccc(F)cc2Br)c2ccccc2n1. The van der Waals surface area contributed by atoms with Crippen molar-refractivity contribution < 1.29 is 4.39 Å². The van der Waals surface area contributed by atoms with Crippen LogP contribution in [-0.4, -0.2) is 17.0 Å². The molecule has 0 aliphatic rings. The minimum atomic E-state index is -0.295. The number of para-hydroxylation sites is 1. The molecule has 2 aromatic carbocycles. The fourth-order valence-corrected chi connectivity index (χ4v) is 2.45. The maximum absolute atomic E-state index is 13.2. The van der Waals surface area contributed by atoms with Crippen LogP contribution in [0.3, 0.4) is 0 Å². The van der Waals surface area contributed by atoms with Gasteiger partial charge in [0, 0.05) is 16.9 Å². The third kappa shape index (κ3) is 2.80. The van der Waals surface area contributed by atoms with E-state index in [1.807, 2.05) is 24.3 Å². The van der Waals surface area contributed by atoms with Gasteiger partial charge in [-0.05, 0) is 46.3 Å². The van der Waals surface area contributed by atoms with Crippen LogP contribution in [0.5, 0.6) is 0 Å². The molecular formula is C15H12BrFN4. The quantitative estimate of drug-likeness (QED) is 0.741. The fraction of sp³-hybridized carbons (Fsp3) is 0.0667. The number of rotatable bonds is 3. The molecule has 2 N–H and O–H groups in total. The second kappa shape index (κ2) is 5.65. The van der Waals surface area contributed by atoms with Crippen LogP contribution in [0.25, 0.3) is 10.9 Å². The zero-order valence-electron chi connectivity index (χ0n) is 11.2. The lowest BCUT2D eigenvalue weighted by Gasteiger charge is -2.11. The van der Waals surface area contributed by atoms with Crippen molar-refractivity contribution >= 4 is 44.3 Å². The molecule has 0 fully saturated rings. The van der Waals surface area contributed by atoms with Crippen LogP contribution in [0.2, 0.25) is 0 Å². The molecule has 0 aliphatic heterocycles. The van der Waals surface area contributed by atoms with Gasteiger partial charge in [-0.2, -0.15) is 4.98 Å². The first kappa shape index (κ1) is 13.8. The predicted molar refractivity (Wildman–Crippen MR) is 86.5 cm³/mol. The Morgan fingerprint density at radius 1 is 1.10 bits per heavy atom. The third-order valence-corrected chi connectivity index (χ3v) is 3.67. The molecule has 0 saturated carbocycles. The standard InChI is InChI=1S/C15H12BrFN4/c1-18-15-20-12-5-3-2-4-10(12)14(21-15)19-13-7-6-9(17)8-11(13)16/h2-8H,1H3,(H2,18,19,20,21). The van der Waals surface area contributed by atoms with E-state index in [0.29, 0.717) is 16.2 Å². The Hall–Kier alpha value is -2.21. The third-order valence-electron chi connectivity index (χ3n) is 3.01. The van der Waals surface area contributed by atoms with Gasteiger partial charge < -0.3 is 10.6 Å². The number of hydrogen-bond donors (Lipinski definition) is 2. The van der Waals surface area contributed by atoms with Gasteiger partial charge in [0.15, 0.2) is 0 Å². The van der Waals surface area contributed by atoms with E-state index in [0.717, 1.165) is 16.6 Å². The summed E-state index contributed by atoms with van der Waals surface area (Å²) in [6.45, 7) is 0. The van der Waals surface area contributed by atoms with E-state index in [2.05, 4.69) is 36.5 Å². The molecule has 0 amide bonds. The van der Waals surface area contributed by atoms with Crippen LogP contribution in [0.4, 0.5) is 21.8 Å². The zero-order chi connectivity index (χ0) is 14.8. The lowest BCUT2D eigenvalue weighted by molar-refractivity contribution is 0.627. The van der Waals surface area contributed by atoms with Crippen molar-refractivity contribution in [3.05, 3.63) is 52.8 Å². The van der Waals surface area contributed by atoms with Crippen LogP contribution in [0.1, 0.15) is 0 Å². The summed E-state index contributed by atoms with van der Waals surface area (Å²) < 4.78 is 13.8. The molecule has 3 rings (SSSR count). The molecular weight excluding hydrogens is 335 g/mol. The predicted octanol–water partition coefficient (Wildman–Crippen LogP) is 4.32. The lowest BCUT2D eigenvalue weighted by atomic mass is 10.2. The molecule has 0 radical (unpaired) electrons. The molecule has 4 nitrogen and oxygen atoms in total. The van der Waals surface area contributed by atoms with E-state index >= 15 is 0 Å². The summed E-state index contributed by atoms with van der Waals surface area (Å²) in [6, 6.07) is 12.2. The van der Waals surface area contributed by atoms with Crippen molar-refractivity contribution in [1.82, 2.24) is 9.97 Å². The van der Waals surface area contributed by atoms with Crippen molar-refractivity contribution in [3.8, 4) is 0 Å². The minimum absolute atomic E-state index is 0.295. The molecule has 0 spiro atoms. The lowest BCUT2D eigenvalue weighted by Crippen LogP contribution is -2.02. The molecule has 0 unspecified atom stereocenters. The van der Waals surface area contributed by atoms with Crippen LogP contribution in [0.15, 0.2) is 46.9 Å². The number of nitrogens with zero attached hydrogens (tertiary/aromatic N) is 2. The molecule has 6 heteroatoms. The summed E-state index contributed by atoms with van der Waals surface area (Å²) in [6.07, 6.45) is 0. The molecule has 3 aromatic rings. The van der Waals surface area contributed by atoms with Gasteiger partial charge in [0.05, 0.1) is 11.2 Å². The Kier molecular flexibility index (Phi) is 3.70. The van der Waals surface area contributed by atoms with E-state index < -0.39 is 0 Å². The van der Waals surface area contributed by atoms with Crippen molar-refractivity contribution in [2.45, 2.75) is 0 Å². The first-order valence-corrected chi connectivity index (χ1v) is 7.13. The molecule has 21 heavy (non-hydrogen) atoms. The van der Waals surface area contributed by atoms with Crippen molar-refractivity contribution in [2.75, 3.05) is 17.7 Å². The molecule has 0 bridgehead atoms. The van der Waals surface area contributed by atoms with E-state index in [4.69, 9.17) is 0 Å². The van der Waals surface area contributed by atoms with Crippen LogP contribution >= 0.6 is 15.9 Å². The maximum Gasteiger partial charge on any atom is 0.224 e. The van der Waals surface area contributed by atoms with Gasteiger partial charge in [0.2, 0.25) is 5.95 Å². The highest BCUT2D eigenvalue weighted by atomic mass is 79.9. The fourth-order valence-electron chi connectivity index (χ4n) is 2.00. The number of hydrogen-bond acceptors (Lipinski definition) is 4. The largest absolute Gasteiger partial charge is 0.357 e. The van der Waals surface area contributed by atoms with Gasteiger partial charge >= 0.3 is 0 Å². The Labute approximate surface area is 129 Å². The van der Waals surface area contributed by atoms with Crippen LogP contribution < -0.4 is 10.6 Å². The molecule has 0 atom stereocenters. The maximum atomic E-state index is 13.2. The highest BCUT2D eigenvalue weighted by Crippen LogP contribution is 2.29. The topological polar surface area (TPSA) is 49.8 Å². The summed E-state index contributed by atoms with van der Waals surface area (Å²) in [5, 5.41) is 7.04. The second-order valence-electron chi connectivity index (χ2n) is 4.41. The van der Waals surface area contributed by atoms with Gasteiger partial charge in [0.25, 0.3) is 0 Å². The number of anilines is 3. The summed E-state index contributed by atoms with van der Waals surface area (Å²) in [7, 11) is 1.77. The number of halogens is 2. The van der Waals surface area contributed by atoms with Crippen molar-refractivity contribution in [1.29, 1.82) is 0 Å². The smallest absolute Gasteiger partial charge is 0.224 e. The molecule has 0 saturated heterocycles. The first-order valence-electron chi connectivity index (χ1n) is 6.34. The number of fused-ring (bicyclic) bond motifs is 1. The van der Waals surface area contributed by atoms with Gasteiger partial charge in [0.1, 0.15) is 11.6 Å². The molecule has 0 aliphatic carbocycles. The van der Waals surface area contributed by atoms with E-state index in [-0.39, 0.29) is 5.82 Å². The Balaban J connectivity index is 2.10. The number of benzene rings is 2. The summed E-state index contributed by atoms with van der Waals surface area (Å²) in [5.41, 5.74) is 1.57. The zero-order valence-corrected chi connectivity index (χ0v) is 12.8. The van der Waals surface area contributed by atoms with Gasteiger partial charge in [-0.1, -0.05) is 12.1 Å². The normalized spacial score (nSPS) is 10.6. The Morgan fingerprint density at radius 2 is 1.90 bits per heavy atom.